The number of hydrogen-bond donors (Lipinski definition) is 2. The molecule has 10 nitrogen and oxygen atoms in total. The molecule has 1 aromatic carbocycles. The average molecular weight is 525 g/mol. The van der Waals surface area contributed by atoms with Crippen LogP contribution in [0.1, 0.15) is 38.5 Å². The van der Waals surface area contributed by atoms with E-state index in [1.165, 1.54) is 20.0 Å². The summed E-state index contributed by atoms with van der Waals surface area (Å²) in [5.74, 6) is 1.47. The summed E-state index contributed by atoms with van der Waals surface area (Å²) in [6.07, 6.45) is 10.4. The summed E-state index contributed by atoms with van der Waals surface area (Å²) < 4.78 is 31.3. The lowest BCUT2D eigenvalue weighted by molar-refractivity contribution is -0.136. The number of nitrogens with zero attached hydrogens (tertiary/aromatic N) is 4. The molecule has 1 aliphatic heterocycles. The Balaban J connectivity index is 1.35. The normalized spacial score (nSPS) is 17.2. The molecule has 0 bridgehead atoms. The van der Waals surface area contributed by atoms with Gasteiger partial charge in [-0.3, -0.25) is 9.52 Å². The first kappa shape index (κ1) is 25.2. The van der Waals surface area contributed by atoms with Gasteiger partial charge in [0.1, 0.15) is 17.8 Å². The second-order valence-electron chi connectivity index (χ2n) is 9.83. The van der Waals surface area contributed by atoms with Crippen LogP contribution in [-0.4, -0.2) is 66.7 Å². The number of ether oxygens (including phenoxy) is 1. The van der Waals surface area contributed by atoms with E-state index in [4.69, 9.17) is 4.74 Å². The van der Waals surface area contributed by atoms with Gasteiger partial charge >= 0.3 is 0 Å². The molecule has 5 rings (SSSR count). The minimum absolute atomic E-state index is 0.193. The number of methoxy groups -OCH3 is 1. The summed E-state index contributed by atoms with van der Waals surface area (Å²) >= 11 is 0. The molecular formula is C26H32N6O4S. The predicted molar refractivity (Wildman–Crippen MR) is 143 cm³/mol. The van der Waals surface area contributed by atoms with E-state index in [0.717, 1.165) is 72.9 Å². The summed E-state index contributed by atoms with van der Waals surface area (Å²) in [5, 5.41) is 4.44. The number of sulfonamides is 1. The zero-order chi connectivity index (χ0) is 26.0. The highest BCUT2D eigenvalue weighted by Gasteiger charge is 2.30. The van der Waals surface area contributed by atoms with Crippen LogP contribution in [0.25, 0.3) is 22.0 Å². The van der Waals surface area contributed by atoms with Crippen molar-refractivity contribution in [3.63, 3.8) is 0 Å². The topological polar surface area (TPSA) is 126 Å². The first-order valence-electron chi connectivity index (χ1n) is 12.6. The number of carbonyl (C=O) groups is 1. The molecule has 11 heteroatoms. The molecule has 1 saturated carbocycles. The number of amides is 1. The van der Waals surface area contributed by atoms with Gasteiger partial charge in [0.05, 0.1) is 18.9 Å². The van der Waals surface area contributed by atoms with Crippen molar-refractivity contribution in [1.82, 2.24) is 19.9 Å². The zero-order valence-electron chi connectivity index (χ0n) is 21.1. The number of aromatic nitrogens is 3. The van der Waals surface area contributed by atoms with Crippen LogP contribution in [0, 0.1) is 5.92 Å². The van der Waals surface area contributed by atoms with Crippen molar-refractivity contribution in [1.29, 1.82) is 0 Å². The molecule has 0 spiro atoms. The van der Waals surface area contributed by atoms with E-state index in [1.807, 2.05) is 23.1 Å². The van der Waals surface area contributed by atoms with Gasteiger partial charge in [-0.1, -0.05) is 18.9 Å². The third kappa shape index (κ3) is 5.76. The van der Waals surface area contributed by atoms with E-state index in [1.54, 1.807) is 18.6 Å². The van der Waals surface area contributed by atoms with Gasteiger partial charge in [0.25, 0.3) is 0 Å². The van der Waals surface area contributed by atoms with Crippen LogP contribution in [0.15, 0.2) is 36.8 Å². The van der Waals surface area contributed by atoms with E-state index in [2.05, 4.69) is 25.0 Å². The molecule has 0 atom stereocenters. The predicted octanol–water partition coefficient (Wildman–Crippen LogP) is 3.67. The lowest BCUT2D eigenvalue weighted by Gasteiger charge is -2.34. The van der Waals surface area contributed by atoms with E-state index in [0.29, 0.717) is 5.91 Å². The molecule has 0 radical (unpaired) electrons. The van der Waals surface area contributed by atoms with Crippen molar-refractivity contribution < 1.29 is 17.9 Å². The average Bonchev–Trinajstić information content (AvgIpc) is 3.43. The summed E-state index contributed by atoms with van der Waals surface area (Å²) in [4.78, 5) is 28.0. The number of nitrogens with one attached hydrogen (secondary N) is 2. The summed E-state index contributed by atoms with van der Waals surface area (Å²) in [5.41, 5.74) is 2.63. The maximum Gasteiger partial charge on any atom is 0.238 e. The van der Waals surface area contributed by atoms with Crippen LogP contribution in [0.2, 0.25) is 0 Å². The SMILES string of the molecule is COc1ncc(-c2ccc3ncnc(NC4CCN(C(=O)C5CCCC5)CC4)c3c2)cc1NS(C)(=O)=O. The number of anilines is 2. The molecule has 1 amide bonds. The molecule has 2 N–H and O–H groups in total. The number of carbonyl (C=O) groups excluding carboxylic acids is 1. The van der Waals surface area contributed by atoms with Gasteiger partial charge < -0.3 is 15.0 Å². The molecule has 2 aliphatic rings. The van der Waals surface area contributed by atoms with Crippen molar-refractivity contribution in [2.75, 3.05) is 36.5 Å². The number of piperidine rings is 1. The van der Waals surface area contributed by atoms with Crippen molar-refractivity contribution in [3.8, 4) is 17.0 Å². The molecule has 196 valence electrons. The highest BCUT2D eigenvalue weighted by atomic mass is 32.2. The fourth-order valence-corrected chi connectivity index (χ4v) is 5.81. The fraction of sp³-hybridized carbons (Fsp3) is 0.462. The second-order valence-corrected chi connectivity index (χ2v) is 11.6. The van der Waals surface area contributed by atoms with Crippen LogP contribution < -0.4 is 14.8 Å². The maximum absolute atomic E-state index is 12.8. The molecular weight excluding hydrogens is 492 g/mol. The molecule has 3 aromatic rings. The van der Waals surface area contributed by atoms with E-state index < -0.39 is 10.0 Å². The number of hydrogen-bond acceptors (Lipinski definition) is 8. The maximum atomic E-state index is 12.8. The number of pyridine rings is 1. The molecule has 37 heavy (non-hydrogen) atoms. The highest BCUT2D eigenvalue weighted by molar-refractivity contribution is 7.92. The summed E-state index contributed by atoms with van der Waals surface area (Å²) in [6.45, 7) is 1.52. The van der Waals surface area contributed by atoms with Crippen molar-refractivity contribution in [2.45, 2.75) is 44.6 Å². The van der Waals surface area contributed by atoms with Crippen molar-refractivity contribution in [3.05, 3.63) is 36.8 Å². The van der Waals surface area contributed by atoms with Crippen molar-refractivity contribution >= 4 is 38.3 Å². The Kier molecular flexibility index (Phi) is 7.14. The van der Waals surface area contributed by atoms with Gasteiger partial charge in [-0.05, 0) is 49.4 Å². The Morgan fingerprint density at radius 3 is 2.49 bits per heavy atom. The standard InChI is InChI=1S/C26H32N6O4S/c1-36-25-23(31-37(2,34)35)14-19(15-27-25)18-7-8-22-21(13-18)24(29-16-28-22)30-20-9-11-32(12-10-20)26(33)17-5-3-4-6-17/h7-8,13-17,20,31H,3-6,9-12H2,1-2H3,(H,28,29,30). The molecule has 1 saturated heterocycles. The minimum atomic E-state index is -3.51. The number of benzene rings is 1. The second kappa shape index (κ2) is 10.5. The van der Waals surface area contributed by atoms with Gasteiger partial charge in [0.15, 0.2) is 0 Å². The Bertz CT molecular complexity index is 1400. The fourth-order valence-electron chi connectivity index (χ4n) is 5.27. The Morgan fingerprint density at radius 1 is 1.03 bits per heavy atom. The van der Waals surface area contributed by atoms with Crippen LogP contribution in [0.4, 0.5) is 11.5 Å². The molecule has 2 fully saturated rings. The Labute approximate surface area is 216 Å². The zero-order valence-corrected chi connectivity index (χ0v) is 21.9. The Hall–Kier alpha value is -3.47. The van der Waals surface area contributed by atoms with Crippen LogP contribution in [0.5, 0.6) is 5.88 Å². The highest BCUT2D eigenvalue weighted by Crippen LogP contribution is 2.32. The van der Waals surface area contributed by atoms with E-state index >= 15 is 0 Å². The monoisotopic (exact) mass is 524 g/mol. The molecule has 2 aromatic heterocycles. The van der Waals surface area contributed by atoms with Gasteiger partial charge in [-0.2, -0.15) is 0 Å². The van der Waals surface area contributed by atoms with E-state index in [-0.39, 0.29) is 23.5 Å². The number of rotatable bonds is 7. The molecule has 3 heterocycles. The molecule has 1 aliphatic carbocycles. The minimum Gasteiger partial charge on any atom is -0.480 e. The third-order valence-corrected chi connectivity index (χ3v) is 7.75. The summed E-state index contributed by atoms with van der Waals surface area (Å²) in [6, 6.07) is 7.71. The number of fused-ring (bicyclic) bond motifs is 1. The van der Waals surface area contributed by atoms with Crippen molar-refractivity contribution in [2.24, 2.45) is 5.92 Å². The largest absolute Gasteiger partial charge is 0.480 e. The molecule has 0 unspecified atom stereocenters. The van der Waals surface area contributed by atoms with E-state index in [9.17, 15) is 13.2 Å². The Morgan fingerprint density at radius 2 is 1.78 bits per heavy atom. The quantitative estimate of drug-likeness (QED) is 0.480. The first-order valence-corrected chi connectivity index (χ1v) is 14.5. The summed E-state index contributed by atoms with van der Waals surface area (Å²) in [7, 11) is -2.07. The van der Waals surface area contributed by atoms with Crippen LogP contribution in [0.3, 0.4) is 0 Å². The van der Waals surface area contributed by atoms with Gasteiger partial charge in [0.2, 0.25) is 21.8 Å². The third-order valence-electron chi connectivity index (χ3n) is 7.16. The van der Waals surface area contributed by atoms with Crippen LogP contribution in [-0.2, 0) is 14.8 Å². The smallest absolute Gasteiger partial charge is 0.238 e. The lowest BCUT2D eigenvalue weighted by Crippen LogP contribution is -2.44. The van der Waals surface area contributed by atoms with Crippen LogP contribution >= 0.6 is 0 Å². The number of likely N-dealkylation sites (tertiary alicyclic amines) is 1. The van der Waals surface area contributed by atoms with Gasteiger partial charge in [0, 0.05) is 42.2 Å². The van der Waals surface area contributed by atoms with Gasteiger partial charge in [-0.15, -0.1) is 0 Å². The first-order chi connectivity index (χ1) is 17.8. The lowest BCUT2D eigenvalue weighted by atomic mass is 10.0. The van der Waals surface area contributed by atoms with Gasteiger partial charge in [-0.25, -0.2) is 23.4 Å².